The minimum Gasteiger partial charge on any atom is -0.364 e. The van der Waals surface area contributed by atoms with Crippen molar-refractivity contribution in [2.24, 2.45) is 5.73 Å². The number of amides is 1. The Kier molecular flexibility index (Phi) is 3.41. The lowest BCUT2D eigenvalue weighted by Gasteiger charge is -2.02. The highest BCUT2D eigenvalue weighted by molar-refractivity contribution is 6.00. The molecule has 1 heterocycles. The number of nitrogens with two attached hydrogens (primary N) is 1. The van der Waals surface area contributed by atoms with Crippen molar-refractivity contribution < 1.29 is 9.63 Å². The third-order valence-electron chi connectivity index (χ3n) is 2.68. The lowest BCUT2D eigenvalue weighted by Crippen LogP contribution is -2.18. The Morgan fingerprint density at radius 2 is 2.24 bits per heavy atom. The molecule has 0 radical (unpaired) electrons. The summed E-state index contributed by atoms with van der Waals surface area (Å²) in [5.74, 6) is -0.436. The number of carbonyl (C=O) groups excluding carboxylic acids is 1. The number of carbonyl (C=O) groups is 1. The van der Waals surface area contributed by atoms with E-state index >= 15 is 0 Å². The molecular weight excluding hydrogens is 218 g/mol. The lowest BCUT2D eigenvalue weighted by molar-refractivity contribution is 0.0924. The summed E-state index contributed by atoms with van der Waals surface area (Å²) >= 11 is 0. The predicted octanol–water partition coefficient (Wildman–Crippen LogP) is 0.960. The summed E-state index contributed by atoms with van der Waals surface area (Å²) in [6, 6.07) is 7.75. The molecule has 0 bridgehead atoms. The van der Waals surface area contributed by atoms with Crippen LogP contribution in [0.1, 0.15) is 16.1 Å². The van der Waals surface area contributed by atoms with Gasteiger partial charge in [0, 0.05) is 17.4 Å². The van der Waals surface area contributed by atoms with Gasteiger partial charge in [0.2, 0.25) is 0 Å². The fourth-order valence-electron chi connectivity index (χ4n) is 1.95. The molecule has 0 spiro atoms. The van der Waals surface area contributed by atoms with Crippen molar-refractivity contribution in [3.63, 3.8) is 0 Å². The third kappa shape index (κ3) is 2.30. The Balaban J connectivity index is 2.41. The monoisotopic (exact) mass is 233 g/mol. The molecule has 0 unspecified atom stereocenters. The van der Waals surface area contributed by atoms with Gasteiger partial charge in [-0.2, -0.15) is 0 Å². The molecule has 0 fully saturated rings. The number of rotatable bonds is 5. The maximum Gasteiger partial charge on any atom is 0.265 e. The molecule has 2 rings (SSSR count). The molecule has 5 nitrogen and oxygen atoms in total. The van der Waals surface area contributed by atoms with Gasteiger partial charge < -0.3 is 15.6 Å². The van der Waals surface area contributed by atoms with Gasteiger partial charge in [-0.25, -0.2) is 5.48 Å². The number of aromatic nitrogens is 1. The van der Waals surface area contributed by atoms with E-state index in [0.29, 0.717) is 18.7 Å². The van der Waals surface area contributed by atoms with Crippen molar-refractivity contribution in [3.8, 4) is 0 Å². The Labute approximate surface area is 98.9 Å². The molecule has 1 aromatic heterocycles. The van der Waals surface area contributed by atoms with Crippen LogP contribution in [-0.2, 0) is 11.3 Å². The van der Waals surface area contributed by atoms with Crippen LogP contribution in [0.25, 0.3) is 10.9 Å². The fourth-order valence-corrected chi connectivity index (χ4v) is 1.95. The van der Waals surface area contributed by atoms with E-state index in [1.165, 1.54) is 0 Å². The quantitative estimate of drug-likeness (QED) is 0.531. The first-order valence-electron chi connectivity index (χ1n) is 5.39. The van der Waals surface area contributed by atoms with E-state index in [1.807, 2.05) is 24.3 Å². The van der Waals surface area contributed by atoms with Crippen molar-refractivity contribution in [3.05, 3.63) is 35.5 Å². The summed E-state index contributed by atoms with van der Waals surface area (Å²) in [6.45, 7) is 0.624. The molecule has 17 heavy (non-hydrogen) atoms. The number of aromatic amines is 1. The number of nitrogens with one attached hydrogen (secondary N) is 2. The Morgan fingerprint density at radius 1 is 1.47 bits per heavy atom. The summed E-state index contributed by atoms with van der Waals surface area (Å²) in [5, 5.41) is 1.03. The number of H-pyrrole nitrogens is 1. The van der Waals surface area contributed by atoms with E-state index in [0.717, 1.165) is 16.5 Å². The van der Waals surface area contributed by atoms with Crippen molar-refractivity contribution in [1.82, 2.24) is 10.5 Å². The molecule has 1 amide bonds. The van der Waals surface area contributed by atoms with Gasteiger partial charge in [-0.15, -0.1) is 0 Å². The van der Waals surface area contributed by atoms with Gasteiger partial charge in [0.05, 0.1) is 7.11 Å². The molecule has 5 heteroatoms. The highest BCUT2D eigenvalue weighted by Gasteiger charge is 2.14. The van der Waals surface area contributed by atoms with Crippen molar-refractivity contribution >= 4 is 16.8 Å². The largest absolute Gasteiger partial charge is 0.364 e. The number of primary amides is 1. The first-order chi connectivity index (χ1) is 8.24. The van der Waals surface area contributed by atoms with Crippen LogP contribution in [0, 0.1) is 0 Å². The molecular formula is C12H15N3O2. The first-order valence-corrected chi connectivity index (χ1v) is 5.39. The number of hydrogen-bond donors (Lipinski definition) is 3. The van der Waals surface area contributed by atoms with E-state index in [-0.39, 0.29) is 0 Å². The third-order valence-corrected chi connectivity index (χ3v) is 2.68. The zero-order chi connectivity index (χ0) is 12.3. The van der Waals surface area contributed by atoms with Gasteiger partial charge in [-0.1, -0.05) is 18.2 Å². The van der Waals surface area contributed by atoms with E-state index in [1.54, 1.807) is 7.11 Å². The maximum atomic E-state index is 11.4. The standard InChI is InChI=1S/C12H15N3O2/c1-17-14-7-6-9-8-4-2-3-5-10(8)15-11(9)12(13)16/h2-5,14-15H,6-7H2,1H3,(H2,13,16). The van der Waals surface area contributed by atoms with E-state index < -0.39 is 5.91 Å². The van der Waals surface area contributed by atoms with E-state index in [4.69, 9.17) is 10.6 Å². The molecule has 1 aromatic carbocycles. The second-order valence-corrected chi connectivity index (χ2v) is 3.74. The molecule has 0 atom stereocenters. The second kappa shape index (κ2) is 4.99. The van der Waals surface area contributed by atoms with Crippen molar-refractivity contribution in [2.75, 3.05) is 13.7 Å². The molecule has 90 valence electrons. The topological polar surface area (TPSA) is 80.1 Å². The highest BCUT2D eigenvalue weighted by atomic mass is 16.6. The molecule has 4 N–H and O–H groups in total. The molecule has 2 aromatic rings. The average molecular weight is 233 g/mol. The van der Waals surface area contributed by atoms with Crippen LogP contribution in [0.15, 0.2) is 24.3 Å². The summed E-state index contributed by atoms with van der Waals surface area (Å²) in [7, 11) is 1.56. The Morgan fingerprint density at radius 3 is 2.94 bits per heavy atom. The van der Waals surface area contributed by atoms with Gasteiger partial charge in [0.1, 0.15) is 5.69 Å². The van der Waals surface area contributed by atoms with E-state index in [2.05, 4.69) is 10.5 Å². The van der Waals surface area contributed by atoms with Crippen LogP contribution in [0.2, 0.25) is 0 Å². The average Bonchev–Trinajstić information content (AvgIpc) is 2.69. The van der Waals surface area contributed by atoms with E-state index in [9.17, 15) is 4.79 Å². The summed E-state index contributed by atoms with van der Waals surface area (Å²) in [4.78, 5) is 19.2. The minimum absolute atomic E-state index is 0.436. The predicted molar refractivity (Wildman–Crippen MR) is 65.5 cm³/mol. The zero-order valence-corrected chi connectivity index (χ0v) is 9.62. The number of benzene rings is 1. The molecule has 0 saturated carbocycles. The molecule has 0 aliphatic rings. The van der Waals surface area contributed by atoms with Crippen LogP contribution >= 0.6 is 0 Å². The number of hydrogen-bond acceptors (Lipinski definition) is 3. The van der Waals surface area contributed by atoms with Gasteiger partial charge in [-0.05, 0) is 18.1 Å². The smallest absolute Gasteiger partial charge is 0.265 e. The molecule has 0 saturated heterocycles. The van der Waals surface area contributed by atoms with Crippen molar-refractivity contribution in [2.45, 2.75) is 6.42 Å². The van der Waals surface area contributed by atoms with Gasteiger partial charge >= 0.3 is 0 Å². The fraction of sp³-hybridized carbons (Fsp3) is 0.250. The number of para-hydroxylation sites is 1. The van der Waals surface area contributed by atoms with Crippen LogP contribution in [0.4, 0.5) is 0 Å². The van der Waals surface area contributed by atoms with Gasteiger partial charge in [0.15, 0.2) is 0 Å². The van der Waals surface area contributed by atoms with Gasteiger partial charge in [-0.3, -0.25) is 4.79 Å². The van der Waals surface area contributed by atoms with Crippen LogP contribution in [0.3, 0.4) is 0 Å². The maximum absolute atomic E-state index is 11.4. The summed E-state index contributed by atoms with van der Waals surface area (Å²) in [5.41, 5.74) is 10.4. The Hall–Kier alpha value is -1.85. The van der Waals surface area contributed by atoms with Crippen LogP contribution in [0.5, 0.6) is 0 Å². The first kappa shape index (κ1) is 11.6. The minimum atomic E-state index is -0.436. The molecule has 0 aliphatic carbocycles. The van der Waals surface area contributed by atoms with Crippen LogP contribution in [-0.4, -0.2) is 24.5 Å². The summed E-state index contributed by atoms with van der Waals surface area (Å²) in [6.07, 6.45) is 0.677. The normalized spacial score (nSPS) is 10.9. The SMILES string of the molecule is CONCCc1c(C(N)=O)[nH]c2ccccc12. The zero-order valence-electron chi connectivity index (χ0n) is 9.62. The Bertz CT molecular complexity index is 534. The number of hydroxylamine groups is 1. The van der Waals surface area contributed by atoms with Crippen molar-refractivity contribution in [1.29, 1.82) is 0 Å². The van der Waals surface area contributed by atoms with Crippen LogP contribution < -0.4 is 11.2 Å². The lowest BCUT2D eigenvalue weighted by atomic mass is 10.1. The second-order valence-electron chi connectivity index (χ2n) is 3.74. The van der Waals surface area contributed by atoms with Gasteiger partial charge in [0.25, 0.3) is 5.91 Å². The summed E-state index contributed by atoms with van der Waals surface area (Å²) < 4.78 is 0. The number of fused-ring (bicyclic) bond motifs is 1. The highest BCUT2D eigenvalue weighted by Crippen LogP contribution is 2.22. The molecule has 0 aliphatic heterocycles.